The van der Waals surface area contributed by atoms with Crippen LogP contribution in [0.25, 0.3) is 10.8 Å². The molecule has 0 radical (unpaired) electrons. The van der Waals surface area contributed by atoms with E-state index in [2.05, 4.69) is 0 Å². The van der Waals surface area contributed by atoms with Gasteiger partial charge in [-0.05, 0) is 28.8 Å². The van der Waals surface area contributed by atoms with Crippen LogP contribution in [0.4, 0.5) is 0 Å². The van der Waals surface area contributed by atoms with Gasteiger partial charge < -0.3 is 15.6 Å². The van der Waals surface area contributed by atoms with Gasteiger partial charge in [0.05, 0.1) is 14.1 Å². The number of primary amides is 1. The summed E-state index contributed by atoms with van der Waals surface area (Å²) in [5.74, 6) is -0.478. The van der Waals surface area contributed by atoms with Gasteiger partial charge in [-0.3, -0.25) is 4.79 Å². The van der Waals surface area contributed by atoms with Crippen LogP contribution in [-0.4, -0.2) is 24.6 Å². The average Bonchev–Trinajstić information content (AvgIpc) is 2.37. The van der Waals surface area contributed by atoms with Gasteiger partial charge in [-0.2, -0.15) is 0 Å². The summed E-state index contributed by atoms with van der Waals surface area (Å²) in [4.78, 5) is 11.7. The molecule has 0 aliphatic carbocycles. The third-order valence-electron chi connectivity index (χ3n) is 3.43. The summed E-state index contributed by atoms with van der Waals surface area (Å²) in [7, 11) is 3.13. The Kier molecular flexibility index (Phi) is 3.79. The van der Waals surface area contributed by atoms with Crippen molar-refractivity contribution in [1.29, 1.82) is 0 Å². The van der Waals surface area contributed by atoms with E-state index in [-0.39, 0.29) is 6.54 Å². The summed E-state index contributed by atoms with van der Waals surface area (Å²) in [5, 5.41) is 14.1. The molecule has 0 aromatic heterocycles. The zero-order chi connectivity index (χ0) is 14.9. The van der Waals surface area contributed by atoms with E-state index in [1.54, 1.807) is 14.1 Å². The van der Waals surface area contributed by atoms with Gasteiger partial charge in [0.2, 0.25) is 5.91 Å². The van der Waals surface area contributed by atoms with E-state index < -0.39 is 10.6 Å². The molecule has 4 heteroatoms. The first-order chi connectivity index (χ1) is 9.33. The summed E-state index contributed by atoms with van der Waals surface area (Å²) in [5.41, 5.74) is 7.78. The standard InChI is InChI=1S/C16H20N2O2/c1-4-11-9-14(16(17)19)15(10-18(2,3)20)13-8-6-5-7-12(11)13/h5-9H,4,10H2,1-3H3,(H2,17,19). The van der Waals surface area contributed by atoms with Gasteiger partial charge in [0.25, 0.3) is 0 Å². The maximum atomic E-state index is 12.0. The molecule has 2 rings (SSSR count). The van der Waals surface area contributed by atoms with Crippen molar-refractivity contribution in [3.63, 3.8) is 0 Å². The molecule has 0 bridgehead atoms. The molecule has 0 saturated carbocycles. The second-order valence-corrected chi connectivity index (χ2v) is 5.56. The van der Waals surface area contributed by atoms with Crippen LogP contribution in [0.2, 0.25) is 0 Å². The molecule has 20 heavy (non-hydrogen) atoms. The number of hydrogen-bond acceptors (Lipinski definition) is 2. The number of aryl methyl sites for hydroxylation is 1. The molecule has 0 aliphatic rings. The van der Waals surface area contributed by atoms with Crippen LogP contribution in [0.3, 0.4) is 0 Å². The van der Waals surface area contributed by atoms with Crippen molar-refractivity contribution in [2.45, 2.75) is 19.9 Å². The van der Waals surface area contributed by atoms with Crippen LogP contribution >= 0.6 is 0 Å². The smallest absolute Gasteiger partial charge is 0.249 e. The van der Waals surface area contributed by atoms with Crippen LogP contribution in [0, 0.1) is 5.21 Å². The van der Waals surface area contributed by atoms with Crippen molar-refractivity contribution >= 4 is 16.7 Å². The summed E-state index contributed by atoms with van der Waals surface area (Å²) >= 11 is 0. The molecule has 0 saturated heterocycles. The molecule has 0 fully saturated rings. The molecule has 0 aliphatic heterocycles. The Bertz CT molecular complexity index is 657. The van der Waals surface area contributed by atoms with Crippen molar-refractivity contribution in [2.75, 3.05) is 14.1 Å². The predicted octanol–water partition coefficient (Wildman–Crippen LogP) is 2.58. The number of carbonyl (C=O) groups excluding carboxylic acids is 1. The molecule has 4 nitrogen and oxygen atoms in total. The van der Waals surface area contributed by atoms with Gasteiger partial charge in [-0.25, -0.2) is 0 Å². The summed E-state index contributed by atoms with van der Waals surface area (Å²) in [6, 6.07) is 9.68. The number of nitrogens with zero attached hydrogens (tertiary/aromatic N) is 1. The van der Waals surface area contributed by atoms with Crippen LogP contribution in [-0.2, 0) is 13.0 Å². The van der Waals surface area contributed by atoms with Gasteiger partial charge in [-0.15, -0.1) is 0 Å². The van der Waals surface area contributed by atoms with Gasteiger partial charge >= 0.3 is 0 Å². The maximum Gasteiger partial charge on any atom is 0.249 e. The zero-order valence-electron chi connectivity index (χ0n) is 12.1. The minimum Gasteiger partial charge on any atom is -0.633 e. The minimum absolute atomic E-state index is 0.225. The number of carbonyl (C=O) groups is 1. The van der Waals surface area contributed by atoms with Crippen molar-refractivity contribution in [3.05, 3.63) is 52.2 Å². The fourth-order valence-electron chi connectivity index (χ4n) is 2.57. The molecular weight excluding hydrogens is 252 g/mol. The highest BCUT2D eigenvalue weighted by molar-refractivity contribution is 6.01. The zero-order valence-corrected chi connectivity index (χ0v) is 12.1. The number of rotatable bonds is 4. The molecule has 2 aromatic carbocycles. The first kappa shape index (κ1) is 14.5. The highest BCUT2D eigenvalue weighted by atomic mass is 16.5. The topological polar surface area (TPSA) is 66.2 Å². The van der Waals surface area contributed by atoms with Crippen molar-refractivity contribution in [1.82, 2.24) is 0 Å². The molecule has 0 atom stereocenters. The van der Waals surface area contributed by atoms with Crippen molar-refractivity contribution in [2.24, 2.45) is 5.73 Å². The molecule has 1 amide bonds. The second-order valence-electron chi connectivity index (χ2n) is 5.56. The van der Waals surface area contributed by atoms with Gasteiger partial charge in [0.15, 0.2) is 0 Å². The van der Waals surface area contributed by atoms with Crippen LogP contribution < -0.4 is 5.73 Å². The molecular formula is C16H20N2O2. The number of hydrogen-bond donors (Lipinski definition) is 1. The lowest BCUT2D eigenvalue weighted by Crippen LogP contribution is -2.32. The lowest BCUT2D eigenvalue weighted by molar-refractivity contribution is -0.853. The number of nitrogens with two attached hydrogens (primary N) is 1. The Hall–Kier alpha value is -1.91. The first-order valence-corrected chi connectivity index (χ1v) is 6.70. The monoisotopic (exact) mass is 272 g/mol. The largest absolute Gasteiger partial charge is 0.633 e. The SMILES string of the molecule is CCc1cc(C(N)=O)c(C[N+](C)(C)[O-])c2ccccc12. The van der Waals surface area contributed by atoms with Crippen LogP contribution in [0.1, 0.15) is 28.4 Å². The third-order valence-corrected chi connectivity index (χ3v) is 3.43. The van der Waals surface area contributed by atoms with Crippen LogP contribution in [0.15, 0.2) is 30.3 Å². The molecule has 2 N–H and O–H groups in total. The molecule has 0 heterocycles. The van der Waals surface area contributed by atoms with E-state index in [4.69, 9.17) is 5.73 Å². The van der Waals surface area contributed by atoms with Gasteiger partial charge in [-0.1, -0.05) is 31.2 Å². The number of fused-ring (bicyclic) bond motifs is 1. The van der Waals surface area contributed by atoms with E-state index >= 15 is 0 Å². The lowest BCUT2D eigenvalue weighted by Gasteiger charge is -2.34. The molecule has 2 aromatic rings. The molecule has 106 valence electrons. The van der Waals surface area contributed by atoms with Gasteiger partial charge in [0.1, 0.15) is 6.54 Å². The average molecular weight is 272 g/mol. The summed E-state index contributed by atoms with van der Waals surface area (Å²) < 4.78 is -0.490. The summed E-state index contributed by atoms with van der Waals surface area (Å²) in [6.45, 7) is 2.27. The predicted molar refractivity (Wildman–Crippen MR) is 81.0 cm³/mol. The normalized spacial score (nSPS) is 11.8. The highest BCUT2D eigenvalue weighted by Gasteiger charge is 2.18. The number of benzene rings is 2. The van der Waals surface area contributed by atoms with Gasteiger partial charge in [0, 0.05) is 11.1 Å². The minimum atomic E-state index is -0.490. The van der Waals surface area contributed by atoms with Crippen molar-refractivity contribution < 1.29 is 9.44 Å². The quantitative estimate of drug-likeness (QED) is 0.686. The Morgan fingerprint density at radius 3 is 2.35 bits per heavy atom. The van der Waals surface area contributed by atoms with Crippen molar-refractivity contribution in [3.8, 4) is 0 Å². The van der Waals surface area contributed by atoms with E-state index in [9.17, 15) is 10.0 Å². The number of amides is 1. The second kappa shape index (κ2) is 5.23. The summed E-state index contributed by atoms with van der Waals surface area (Å²) in [6.07, 6.45) is 0.816. The molecule has 0 spiro atoms. The highest BCUT2D eigenvalue weighted by Crippen LogP contribution is 2.28. The fraction of sp³-hybridized carbons (Fsp3) is 0.312. The number of hydroxylamine groups is 3. The molecule has 0 unspecified atom stereocenters. The van der Waals surface area contributed by atoms with E-state index in [0.717, 1.165) is 28.3 Å². The Labute approximate surface area is 119 Å². The number of quaternary nitrogens is 1. The Morgan fingerprint density at radius 1 is 1.25 bits per heavy atom. The van der Waals surface area contributed by atoms with Crippen LogP contribution in [0.5, 0.6) is 0 Å². The lowest BCUT2D eigenvalue weighted by atomic mass is 9.93. The van der Waals surface area contributed by atoms with E-state index in [0.29, 0.717) is 5.56 Å². The third kappa shape index (κ3) is 2.81. The van der Waals surface area contributed by atoms with E-state index in [1.807, 2.05) is 37.3 Å². The maximum absolute atomic E-state index is 12.0. The fourth-order valence-corrected chi connectivity index (χ4v) is 2.57. The van der Waals surface area contributed by atoms with E-state index in [1.165, 1.54) is 0 Å². The first-order valence-electron chi connectivity index (χ1n) is 6.70. The Balaban J connectivity index is 2.81. The Morgan fingerprint density at radius 2 is 1.85 bits per heavy atom.